The number of rotatable bonds is 3. The molecule has 1 aromatic rings. The fraction of sp³-hybridized carbons (Fsp3) is 0.727. The van der Waals surface area contributed by atoms with Gasteiger partial charge in [-0.05, 0) is 12.3 Å². The third kappa shape index (κ3) is 3.05. The van der Waals surface area contributed by atoms with Crippen LogP contribution >= 0.6 is 0 Å². The van der Waals surface area contributed by atoms with Gasteiger partial charge in [0.1, 0.15) is 19.2 Å². The van der Waals surface area contributed by atoms with Gasteiger partial charge in [0.2, 0.25) is 5.91 Å². The van der Waals surface area contributed by atoms with Gasteiger partial charge in [0, 0.05) is 13.1 Å². The van der Waals surface area contributed by atoms with Crippen molar-refractivity contribution in [2.75, 3.05) is 7.05 Å². The molecule has 5 heteroatoms. The summed E-state index contributed by atoms with van der Waals surface area (Å²) >= 11 is 0. The van der Waals surface area contributed by atoms with Crippen LogP contribution in [-0.4, -0.2) is 38.7 Å². The summed E-state index contributed by atoms with van der Waals surface area (Å²) in [6, 6.07) is 0.184. The second-order valence-electron chi connectivity index (χ2n) is 5.14. The molecule has 0 saturated heterocycles. The second-order valence-corrected chi connectivity index (χ2v) is 5.14. The minimum atomic E-state index is 0.0490. The average Bonchev–Trinajstić information content (AvgIpc) is 2.66. The fourth-order valence-corrected chi connectivity index (χ4v) is 1.36. The van der Waals surface area contributed by atoms with E-state index >= 15 is 0 Å². The largest absolute Gasteiger partial charge is 0.341 e. The van der Waals surface area contributed by atoms with Gasteiger partial charge in [-0.2, -0.15) is 5.10 Å². The topological polar surface area (TPSA) is 51.0 Å². The SMILES string of the molecule is C[C@@H](N(C)C(=O)Cn1cncn1)C(C)(C)C. The zero-order valence-electron chi connectivity index (χ0n) is 10.6. The molecule has 90 valence electrons. The number of hydrogen-bond donors (Lipinski definition) is 0. The maximum Gasteiger partial charge on any atom is 0.244 e. The van der Waals surface area contributed by atoms with E-state index < -0.39 is 0 Å². The Kier molecular flexibility index (Phi) is 3.67. The van der Waals surface area contributed by atoms with Gasteiger partial charge < -0.3 is 4.90 Å². The summed E-state index contributed by atoms with van der Waals surface area (Å²) in [7, 11) is 1.83. The molecule has 0 radical (unpaired) electrons. The van der Waals surface area contributed by atoms with E-state index in [0.717, 1.165) is 0 Å². The van der Waals surface area contributed by atoms with Crippen LogP contribution in [0.3, 0.4) is 0 Å². The molecule has 1 heterocycles. The molecule has 0 bridgehead atoms. The lowest BCUT2D eigenvalue weighted by molar-refractivity contribution is -0.134. The van der Waals surface area contributed by atoms with Crippen molar-refractivity contribution in [2.45, 2.75) is 40.3 Å². The highest BCUT2D eigenvalue weighted by molar-refractivity contribution is 5.75. The van der Waals surface area contributed by atoms with Crippen LogP contribution in [0, 0.1) is 5.41 Å². The molecule has 0 aliphatic carbocycles. The van der Waals surface area contributed by atoms with Crippen molar-refractivity contribution in [1.29, 1.82) is 0 Å². The summed E-state index contributed by atoms with van der Waals surface area (Å²) < 4.78 is 1.54. The molecule has 1 rings (SSSR count). The van der Waals surface area contributed by atoms with E-state index in [9.17, 15) is 4.79 Å². The monoisotopic (exact) mass is 224 g/mol. The van der Waals surface area contributed by atoms with Gasteiger partial charge in [-0.25, -0.2) is 9.67 Å². The van der Waals surface area contributed by atoms with E-state index in [2.05, 4.69) is 37.8 Å². The predicted octanol–water partition coefficient (Wildman–Crippen LogP) is 1.17. The highest BCUT2D eigenvalue weighted by Gasteiger charge is 2.26. The van der Waals surface area contributed by atoms with Crippen molar-refractivity contribution < 1.29 is 4.79 Å². The van der Waals surface area contributed by atoms with E-state index in [1.807, 2.05) is 7.05 Å². The molecular formula is C11H20N4O. The van der Waals surface area contributed by atoms with Crippen LogP contribution in [0.25, 0.3) is 0 Å². The average molecular weight is 224 g/mol. The van der Waals surface area contributed by atoms with Crippen LogP contribution in [0.2, 0.25) is 0 Å². The molecule has 0 unspecified atom stereocenters. The van der Waals surface area contributed by atoms with E-state index in [-0.39, 0.29) is 23.9 Å². The van der Waals surface area contributed by atoms with Gasteiger partial charge in [0.25, 0.3) is 0 Å². The first-order chi connectivity index (χ1) is 7.32. The molecule has 0 aliphatic rings. The molecule has 0 aromatic carbocycles. The highest BCUT2D eigenvalue weighted by Crippen LogP contribution is 2.23. The first-order valence-electron chi connectivity index (χ1n) is 5.40. The molecule has 0 saturated carbocycles. The number of carbonyl (C=O) groups excluding carboxylic acids is 1. The summed E-state index contributed by atoms with van der Waals surface area (Å²) in [5.41, 5.74) is 0.0762. The lowest BCUT2D eigenvalue weighted by atomic mass is 9.87. The molecule has 1 amide bonds. The van der Waals surface area contributed by atoms with E-state index in [0.29, 0.717) is 0 Å². The molecule has 1 aromatic heterocycles. The third-order valence-electron chi connectivity index (χ3n) is 2.99. The van der Waals surface area contributed by atoms with Crippen molar-refractivity contribution in [1.82, 2.24) is 19.7 Å². The number of hydrogen-bond acceptors (Lipinski definition) is 3. The van der Waals surface area contributed by atoms with E-state index in [1.165, 1.54) is 11.0 Å². The molecule has 5 nitrogen and oxygen atoms in total. The van der Waals surface area contributed by atoms with Crippen molar-refractivity contribution in [2.24, 2.45) is 5.41 Å². The molecular weight excluding hydrogens is 204 g/mol. The van der Waals surface area contributed by atoms with Crippen molar-refractivity contribution >= 4 is 5.91 Å². The molecule has 0 N–H and O–H groups in total. The molecule has 1 atom stereocenters. The zero-order valence-corrected chi connectivity index (χ0v) is 10.6. The van der Waals surface area contributed by atoms with Gasteiger partial charge in [0.15, 0.2) is 0 Å². The Morgan fingerprint density at radius 3 is 2.56 bits per heavy atom. The standard InChI is InChI=1S/C11H20N4O/c1-9(11(2,3)4)14(5)10(16)6-15-8-12-7-13-15/h7-9H,6H2,1-5H3/t9-/m1/s1. The third-order valence-corrected chi connectivity index (χ3v) is 2.99. The Bertz CT molecular complexity index is 339. The number of aromatic nitrogens is 3. The van der Waals surface area contributed by atoms with Crippen molar-refractivity contribution in [3.8, 4) is 0 Å². The highest BCUT2D eigenvalue weighted by atomic mass is 16.2. The van der Waals surface area contributed by atoms with Crippen molar-refractivity contribution in [3.63, 3.8) is 0 Å². The lowest BCUT2D eigenvalue weighted by Gasteiger charge is -2.35. The maximum absolute atomic E-state index is 11.9. The zero-order chi connectivity index (χ0) is 12.3. The summed E-state index contributed by atoms with van der Waals surface area (Å²) in [4.78, 5) is 17.5. The van der Waals surface area contributed by atoms with Crippen molar-refractivity contribution in [3.05, 3.63) is 12.7 Å². The van der Waals surface area contributed by atoms with E-state index in [1.54, 1.807) is 11.2 Å². The Labute approximate surface area is 96.5 Å². The second kappa shape index (κ2) is 4.63. The van der Waals surface area contributed by atoms with Crippen LogP contribution in [0.5, 0.6) is 0 Å². The number of amides is 1. The van der Waals surface area contributed by atoms with Gasteiger partial charge >= 0.3 is 0 Å². The summed E-state index contributed by atoms with van der Waals surface area (Å²) in [5.74, 6) is 0.0490. The first-order valence-corrected chi connectivity index (χ1v) is 5.40. The van der Waals surface area contributed by atoms with Crippen LogP contribution in [0.15, 0.2) is 12.7 Å². The summed E-state index contributed by atoms with van der Waals surface area (Å²) in [6.45, 7) is 8.67. The minimum Gasteiger partial charge on any atom is -0.341 e. The Hall–Kier alpha value is -1.39. The first kappa shape index (κ1) is 12.7. The quantitative estimate of drug-likeness (QED) is 0.774. The summed E-state index contributed by atoms with van der Waals surface area (Å²) in [6.07, 6.45) is 2.98. The van der Waals surface area contributed by atoms with Gasteiger partial charge in [-0.1, -0.05) is 20.8 Å². The van der Waals surface area contributed by atoms with Crippen LogP contribution in [0.1, 0.15) is 27.7 Å². The predicted molar refractivity (Wildman–Crippen MR) is 61.7 cm³/mol. The molecule has 16 heavy (non-hydrogen) atoms. The maximum atomic E-state index is 11.9. The lowest BCUT2D eigenvalue weighted by Crippen LogP contribution is -2.44. The van der Waals surface area contributed by atoms with Crippen LogP contribution < -0.4 is 0 Å². The van der Waals surface area contributed by atoms with Gasteiger partial charge in [-0.3, -0.25) is 4.79 Å². The van der Waals surface area contributed by atoms with Gasteiger partial charge in [0.05, 0.1) is 0 Å². The fourth-order valence-electron chi connectivity index (χ4n) is 1.36. The summed E-state index contributed by atoms with van der Waals surface area (Å²) in [5, 5.41) is 3.92. The Morgan fingerprint density at radius 2 is 2.12 bits per heavy atom. The van der Waals surface area contributed by atoms with Gasteiger partial charge in [-0.15, -0.1) is 0 Å². The molecule has 0 aliphatic heterocycles. The number of carbonyl (C=O) groups is 1. The Balaban J connectivity index is 2.61. The molecule has 0 spiro atoms. The number of likely N-dealkylation sites (N-methyl/N-ethyl adjacent to an activating group) is 1. The van der Waals surface area contributed by atoms with Crippen LogP contribution in [0.4, 0.5) is 0 Å². The van der Waals surface area contributed by atoms with E-state index in [4.69, 9.17) is 0 Å². The minimum absolute atomic E-state index is 0.0490. The van der Waals surface area contributed by atoms with Crippen LogP contribution in [-0.2, 0) is 11.3 Å². The molecule has 0 fully saturated rings. The number of nitrogens with zero attached hydrogens (tertiary/aromatic N) is 4. The smallest absolute Gasteiger partial charge is 0.244 e. The normalized spacial score (nSPS) is 13.6. The Morgan fingerprint density at radius 1 is 1.50 bits per heavy atom.